The van der Waals surface area contributed by atoms with Gasteiger partial charge in [0.1, 0.15) is 11.9 Å². The summed E-state index contributed by atoms with van der Waals surface area (Å²) < 4.78 is 18.9. The molecule has 2 aliphatic rings. The van der Waals surface area contributed by atoms with Gasteiger partial charge < -0.3 is 14.7 Å². The van der Waals surface area contributed by atoms with E-state index in [2.05, 4.69) is 0 Å². The van der Waals surface area contributed by atoms with E-state index in [9.17, 15) is 14.3 Å². The molecule has 2 unspecified atom stereocenters. The highest BCUT2D eigenvalue weighted by molar-refractivity contribution is 7.99. The largest absolute Gasteiger partial charge is 0.379 e. The molecular formula is C15H17ClFNO3S. The lowest BCUT2D eigenvalue weighted by molar-refractivity contribution is -0.156. The second kappa shape index (κ2) is 6.35. The van der Waals surface area contributed by atoms with Gasteiger partial charge in [0.15, 0.2) is 5.60 Å². The van der Waals surface area contributed by atoms with Crippen molar-refractivity contribution in [1.82, 2.24) is 4.90 Å². The van der Waals surface area contributed by atoms with Crippen molar-refractivity contribution in [3.8, 4) is 0 Å². The maximum absolute atomic E-state index is 13.3. The molecule has 2 fully saturated rings. The van der Waals surface area contributed by atoms with E-state index in [0.29, 0.717) is 31.9 Å². The number of hydrogen-bond donors (Lipinski definition) is 1. The molecule has 1 aromatic carbocycles. The lowest BCUT2D eigenvalue weighted by Crippen LogP contribution is -2.53. The van der Waals surface area contributed by atoms with Crippen LogP contribution >= 0.6 is 23.4 Å². The molecule has 0 aliphatic carbocycles. The molecule has 1 amide bonds. The van der Waals surface area contributed by atoms with Gasteiger partial charge in [0.25, 0.3) is 5.91 Å². The summed E-state index contributed by atoms with van der Waals surface area (Å²) in [4.78, 5) is 14.2. The topological polar surface area (TPSA) is 49.8 Å². The highest BCUT2D eigenvalue weighted by atomic mass is 35.5. The molecule has 3 rings (SSSR count). The van der Waals surface area contributed by atoms with E-state index in [4.69, 9.17) is 16.3 Å². The van der Waals surface area contributed by atoms with Crippen molar-refractivity contribution in [3.05, 3.63) is 34.6 Å². The third-order valence-electron chi connectivity index (χ3n) is 4.07. The Kier molecular flexibility index (Phi) is 4.64. The van der Waals surface area contributed by atoms with Gasteiger partial charge in [-0.2, -0.15) is 11.8 Å². The smallest absolute Gasteiger partial charge is 0.255 e. The summed E-state index contributed by atoms with van der Waals surface area (Å²) >= 11 is 7.39. The first kappa shape index (κ1) is 16.1. The van der Waals surface area contributed by atoms with Crippen molar-refractivity contribution in [2.24, 2.45) is 0 Å². The molecule has 0 spiro atoms. The Morgan fingerprint density at radius 1 is 1.55 bits per heavy atom. The number of aliphatic hydroxyl groups is 1. The van der Waals surface area contributed by atoms with Crippen LogP contribution in [0.1, 0.15) is 18.1 Å². The van der Waals surface area contributed by atoms with Crippen LogP contribution in [0.3, 0.4) is 0 Å². The fourth-order valence-electron chi connectivity index (χ4n) is 2.77. The molecule has 2 saturated heterocycles. The maximum Gasteiger partial charge on any atom is 0.255 e. The molecule has 22 heavy (non-hydrogen) atoms. The van der Waals surface area contributed by atoms with Crippen LogP contribution in [0.2, 0.25) is 5.02 Å². The number of carbonyl (C=O) groups excluding carboxylic acids is 1. The van der Waals surface area contributed by atoms with Crippen molar-refractivity contribution in [1.29, 1.82) is 0 Å². The first-order chi connectivity index (χ1) is 10.5. The van der Waals surface area contributed by atoms with Crippen molar-refractivity contribution in [3.63, 3.8) is 0 Å². The molecule has 2 aliphatic heterocycles. The highest BCUT2D eigenvalue weighted by Crippen LogP contribution is 2.32. The van der Waals surface area contributed by atoms with Crippen LogP contribution in [0, 0.1) is 5.82 Å². The minimum atomic E-state index is -1.26. The Morgan fingerprint density at radius 3 is 3.05 bits per heavy atom. The van der Waals surface area contributed by atoms with Gasteiger partial charge in [-0.3, -0.25) is 4.79 Å². The monoisotopic (exact) mass is 345 g/mol. The number of benzene rings is 1. The van der Waals surface area contributed by atoms with Crippen LogP contribution < -0.4 is 0 Å². The van der Waals surface area contributed by atoms with Gasteiger partial charge in [-0.25, -0.2) is 4.39 Å². The predicted molar refractivity (Wildman–Crippen MR) is 83.6 cm³/mol. The molecule has 1 N–H and O–H groups in total. The number of hydrogen-bond acceptors (Lipinski definition) is 4. The Morgan fingerprint density at radius 2 is 2.36 bits per heavy atom. The Hall–Kier alpha value is -0.820. The molecule has 0 aromatic heterocycles. The van der Waals surface area contributed by atoms with Gasteiger partial charge in [-0.05, 0) is 29.9 Å². The number of ether oxygens (including phenoxy) is 1. The average molecular weight is 346 g/mol. The first-order valence-electron chi connectivity index (χ1n) is 7.16. The number of halogens is 2. The van der Waals surface area contributed by atoms with E-state index in [-0.39, 0.29) is 17.0 Å². The van der Waals surface area contributed by atoms with Gasteiger partial charge >= 0.3 is 0 Å². The van der Waals surface area contributed by atoms with E-state index in [1.807, 2.05) is 0 Å². The van der Waals surface area contributed by atoms with Gasteiger partial charge in [0.2, 0.25) is 0 Å². The zero-order valence-electron chi connectivity index (χ0n) is 11.9. The van der Waals surface area contributed by atoms with Crippen molar-refractivity contribution in [2.75, 3.05) is 31.2 Å². The quantitative estimate of drug-likeness (QED) is 0.893. The third kappa shape index (κ3) is 3.11. The van der Waals surface area contributed by atoms with Crippen LogP contribution in [-0.2, 0) is 9.53 Å². The summed E-state index contributed by atoms with van der Waals surface area (Å²) in [7, 11) is 0. The minimum absolute atomic E-state index is 0.0374. The Balaban J connectivity index is 1.73. The van der Waals surface area contributed by atoms with Gasteiger partial charge in [-0.15, -0.1) is 0 Å². The summed E-state index contributed by atoms with van der Waals surface area (Å²) in [5.41, 5.74) is -0.524. The lowest BCUT2D eigenvalue weighted by atomic mass is 10.0. The zero-order chi connectivity index (χ0) is 15.7. The fraction of sp³-hybridized carbons (Fsp3) is 0.533. The molecule has 4 nitrogen and oxygen atoms in total. The first-order valence-corrected chi connectivity index (χ1v) is 8.69. The molecule has 0 bridgehead atoms. The minimum Gasteiger partial charge on any atom is -0.379 e. The molecular weight excluding hydrogens is 329 g/mol. The van der Waals surface area contributed by atoms with E-state index in [1.165, 1.54) is 12.1 Å². The van der Waals surface area contributed by atoms with Crippen LogP contribution in [0.4, 0.5) is 4.39 Å². The van der Waals surface area contributed by atoms with Gasteiger partial charge in [0.05, 0.1) is 18.2 Å². The van der Waals surface area contributed by atoms with Crippen LogP contribution in [0.15, 0.2) is 18.2 Å². The third-order valence-corrected chi connectivity index (χ3v) is 5.53. The Bertz CT molecular complexity index is 580. The summed E-state index contributed by atoms with van der Waals surface area (Å²) in [6, 6.07) is 4.43. The Labute approximate surface area is 137 Å². The molecule has 0 radical (unpaired) electrons. The summed E-state index contributed by atoms with van der Waals surface area (Å²) in [6.45, 7) is 1.18. The number of rotatable bonds is 2. The van der Waals surface area contributed by atoms with Crippen molar-refractivity contribution >= 4 is 29.3 Å². The number of carbonyl (C=O) groups is 1. The SMILES string of the molecule is O=C(N1CCOC(c2ccc(F)c(Cl)c2)C1)C1(O)CCSC1. The van der Waals surface area contributed by atoms with Crippen LogP contribution in [0.25, 0.3) is 0 Å². The molecule has 0 saturated carbocycles. The van der Waals surface area contributed by atoms with Crippen LogP contribution in [-0.4, -0.2) is 52.7 Å². The molecule has 120 valence electrons. The van der Waals surface area contributed by atoms with Crippen molar-refractivity contribution < 1.29 is 19.0 Å². The van der Waals surface area contributed by atoms with E-state index < -0.39 is 11.4 Å². The summed E-state index contributed by atoms with van der Waals surface area (Å²) in [6.07, 6.45) is 0.134. The lowest BCUT2D eigenvalue weighted by Gasteiger charge is -2.36. The zero-order valence-corrected chi connectivity index (χ0v) is 13.5. The molecule has 1 aromatic rings. The second-order valence-corrected chi connectivity index (χ2v) is 7.13. The van der Waals surface area contributed by atoms with E-state index >= 15 is 0 Å². The number of morpholine rings is 1. The maximum atomic E-state index is 13.3. The predicted octanol–water partition coefficient (Wildman–Crippen LogP) is 2.25. The fourth-order valence-corrected chi connectivity index (χ4v) is 4.19. The molecule has 2 heterocycles. The highest BCUT2D eigenvalue weighted by Gasteiger charge is 2.43. The summed E-state index contributed by atoms with van der Waals surface area (Å²) in [5, 5.41) is 10.5. The molecule has 2 atom stereocenters. The van der Waals surface area contributed by atoms with E-state index in [0.717, 1.165) is 11.3 Å². The second-order valence-electron chi connectivity index (χ2n) is 5.62. The summed E-state index contributed by atoms with van der Waals surface area (Å²) in [5.74, 6) is 0.519. The van der Waals surface area contributed by atoms with Crippen molar-refractivity contribution in [2.45, 2.75) is 18.1 Å². The average Bonchev–Trinajstić information content (AvgIpc) is 2.97. The van der Waals surface area contributed by atoms with Crippen LogP contribution in [0.5, 0.6) is 0 Å². The molecule has 7 heteroatoms. The number of thioether (sulfide) groups is 1. The number of nitrogens with zero attached hydrogens (tertiary/aromatic N) is 1. The van der Waals surface area contributed by atoms with Gasteiger partial charge in [-0.1, -0.05) is 17.7 Å². The normalized spacial score (nSPS) is 28.9. The number of amides is 1. The van der Waals surface area contributed by atoms with Gasteiger partial charge in [0, 0.05) is 12.3 Å². The standard InChI is InChI=1S/C15H17ClFNO3S/c16-11-7-10(1-2-12(11)17)13-8-18(4-5-21-13)14(19)15(20)3-6-22-9-15/h1-2,7,13,20H,3-6,8-9H2. The van der Waals surface area contributed by atoms with E-state index in [1.54, 1.807) is 22.7 Å².